The van der Waals surface area contributed by atoms with E-state index in [9.17, 15) is 19.2 Å². The van der Waals surface area contributed by atoms with Crippen LogP contribution in [0.5, 0.6) is 0 Å². The van der Waals surface area contributed by atoms with Gasteiger partial charge in [0.2, 0.25) is 11.8 Å². The van der Waals surface area contributed by atoms with Crippen molar-refractivity contribution >= 4 is 42.5 Å². The summed E-state index contributed by atoms with van der Waals surface area (Å²) in [5.74, 6) is -1.25. The molecule has 1 heterocycles. The highest BCUT2D eigenvalue weighted by atomic mass is 32.1. The van der Waals surface area contributed by atoms with Crippen LogP contribution in [0.25, 0.3) is 0 Å². The number of carbonyl (C=O) groups excluding carboxylic acids is 4. The van der Waals surface area contributed by atoms with Crippen molar-refractivity contribution in [3.05, 3.63) is 29.3 Å². The molecule has 3 rings (SSSR count). The van der Waals surface area contributed by atoms with E-state index in [-0.39, 0.29) is 35.9 Å². The number of nitrogens with zero attached hydrogens (tertiary/aromatic N) is 2. The first kappa shape index (κ1) is 22.3. The molecule has 162 valence electrons. The monoisotopic (exact) mass is 432 g/mol. The summed E-state index contributed by atoms with van der Waals surface area (Å²) in [5.41, 5.74) is 1.15. The molecule has 1 aliphatic heterocycles. The maximum atomic E-state index is 13.1. The van der Waals surface area contributed by atoms with E-state index in [0.29, 0.717) is 18.0 Å². The third-order valence-electron chi connectivity index (χ3n) is 6.04. The molecular weight excluding hydrogens is 404 g/mol. The lowest BCUT2D eigenvalue weighted by Gasteiger charge is -2.33. The zero-order chi connectivity index (χ0) is 21.8. The molecule has 0 bridgehead atoms. The number of carbonyl (C=O) groups is 4. The van der Waals surface area contributed by atoms with Crippen LogP contribution in [0.15, 0.2) is 18.2 Å². The molecule has 1 aromatic carbocycles. The fraction of sp³-hybridized carbons (Fsp3) is 0.524. The van der Waals surface area contributed by atoms with Gasteiger partial charge in [0.05, 0.1) is 11.1 Å². The summed E-state index contributed by atoms with van der Waals surface area (Å²) < 4.78 is 1.94. The van der Waals surface area contributed by atoms with Crippen LogP contribution < -0.4 is 10.6 Å². The molecule has 1 atom stereocenters. The minimum Gasteiger partial charge on any atom is -0.382 e. The molecule has 1 aromatic rings. The Morgan fingerprint density at radius 3 is 2.47 bits per heavy atom. The van der Waals surface area contributed by atoms with Gasteiger partial charge in [0.1, 0.15) is 6.04 Å². The van der Waals surface area contributed by atoms with Crippen molar-refractivity contribution in [1.82, 2.24) is 14.5 Å². The van der Waals surface area contributed by atoms with E-state index in [1.54, 1.807) is 18.2 Å². The van der Waals surface area contributed by atoms with Crippen LogP contribution in [0, 0.1) is 0 Å². The molecule has 2 N–H and O–H groups in total. The molecule has 1 saturated carbocycles. The van der Waals surface area contributed by atoms with E-state index in [2.05, 4.69) is 23.4 Å². The lowest BCUT2D eigenvalue weighted by atomic mass is 9.90. The molecule has 9 heteroatoms. The van der Waals surface area contributed by atoms with Crippen molar-refractivity contribution in [3.63, 3.8) is 0 Å². The van der Waals surface area contributed by atoms with Gasteiger partial charge in [-0.25, -0.2) is 0 Å². The zero-order valence-electron chi connectivity index (χ0n) is 17.3. The minimum atomic E-state index is -0.736. The molecule has 0 spiro atoms. The Labute approximate surface area is 181 Å². The topological polar surface area (TPSA) is 98.8 Å². The number of thiol groups is 1. The van der Waals surface area contributed by atoms with E-state index in [0.717, 1.165) is 25.7 Å². The predicted molar refractivity (Wildman–Crippen MR) is 117 cm³/mol. The van der Waals surface area contributed by atoms with Gasteiger partial charge in [0, 0.05) is 31.2 Å². The van der Waals surface area contributed by atoms with Gasteiger partial charge in [-0.1, -0.05) is 18.9 Å². The number of likely N-dealkylation sites (N-methyl/N-ethyl adjacent to an activating group) is 1. The first-order valence-electron chi connectivity index (χ1n) is 10.2. The SMILES string of the molecule is CN(S)C1CCC(Nc2cccc(C(=O)N(C)C3CCC(=O)NC3=O)c2C=O)CC1. The average Bonchev–Trinajstić information content (AvgIpc) is 2.73. The Morgan fingerprint density at radius 1 is 1.17 bits per heavy atom. The maximum Gasteiger partial charge on any atom is 0.255 e. The second kappa shape index (κ2) is 9.61. The molecule has 8 nitrogen and oxygen atoms in total. The van der Waals surface area contributed by atoms with Crippen LogP contribution >= 0.6 is 12.8 Å². The van der Waals surface area contributed by atoms with Crippen molar-refractivity contribution in [3.8, 4) is 0 Å². The van der Waals surface area contributed by atoms with Gasteiger partial charge in [0.15, 0.2) is 6.29 Å². The highest BCUT2D eigenvalue weighted by molar-refractivity contribution is 7.77. The number of rotatable bonds is 6. The van der Waals surface area contributed by atoms with Gasteiger partial charge >= 0.3 is 0 Å². The molecule has 0 radical (unpaired) electrons. The standard InChI is InChI=1S/C21H28N4O4S/c1-24(18-10-11-19(27)23-20(18)28)21(29)15-4-3-5-17(16(15)12-26)22-13-6-8-14(9-7-13)25(2)30/h3-5,12-14,18,22,30H,6-11H2,1-2H3,(H,23,27,28). The average molecular weight is 433 g/mol. The molecule has 3 amide bonds. The number of nitrogens with one attached hydrogen (secondary N) is 2. The van der Waals surface area contributed by atoms with Crippen molar-refractivity contribution < 1.29 is 19.2 Å². The smallest absolute Gasteiger partial charge is 0.255 e. The number of imide groups is 1. The highest BCUT2D eigenvalue weighted by Gasteiger charge is 2.33. The van der Waals surface area contributed by atoms with Gasteiger partial charge in [-0.05, 0) is 51.3 Å². The summed E-state index contributed by atoms with van der Waals surface area (Å²) >= 11 is 4.39. The van der Waals surface area contributed by atoms with Crippen LogP contribution in [-0.2, 0) is 9.59 Å². The summed E-state index contributed by atoms with van der Waals surface area (Å²) in [6, 6.07) is 5.03. The Hall–Kier alpha value is -2.39. The highest BCUT2D eigenvalue weighted by Crippen LogP contribution is 2.28. The number of aldehydes is 1. The van der Waals surface area contributed by atoms with Crippen LogP contribution in [0.1, 0.15) is 59.2 Å². The Bertz CT molecular complexity index is 836. The Balaban J connectivity index is 1.75. The van der Waals surface area contributed by atoms with Crippen LogP contribution in [0.2, 0.25) is 0 Å². The third kappa shape index (κ3) is 4.84. The normalized spacial score (nSPS) is 24.3. The predicted octanol–water partition coefficient (Wildman–Crippen LogP) is 1.88. The molecular formula is C21H28N4O4S. The van der Waals surface area contributed by atoms with Crippen molar-refractivity contribution in [1.29, 1.82) is 0 Å². The number of amides is 3. The van der Waals surface area contributed by atoms with Gasteiger partial charge in [-0.3, -0.25) is 28.8 Å². The molecule has 0 aromatic heterocycles. The largest absolute Gasteiger partial charge is 0.382 e. The number of hydrogen-bond donors (Lipinski definition) is 3. The molecule has 2 fully saturated rings. The molecule has 30 heavy (non-hydrogen) atoms. The van der Waals surface area contributed by atoms with E-state index >= 15 is 0 Å². The van der Waals surface area contributed by atoms with Crippen LogP contribution in [-0.4, -0.2) is 65.4 Å². The Morgan fingerprint density at radius 2 is 1.87 bits per heavy atom. The summed E-state index contributed by atoms with van der Waals surface area (Å²) in [6.45, 7) is 0. The van der Waals surface area contributed by atoms with Crippen molar-refractivity contribution in [2.24, 2.45) is 0 Å². The van der Waals surface area contributed by atoms with E-state index in [4.69, 9.17) is 0 Å². The fourth-order valence-electron chi connectivity index (χ4n) is 4.20. The zero-order valence-corrected chi connectivity index (χ0v) is 18.2. The molecule has 2 aliphatic rings. The minimum absolute atomic E-state index is 0.181. The molecule has 1 aliphatic carbocycles. The maximum absolute atomic E-state index is 13.1. The van der Waals surface area contributed by atoms with Gasteiger partial charge in [0.25, 0.3) is 5.91 Å². The third-order valence-corrected chi connectivity index (χ3v) is 6.36. The van der Waals surface area contributed by atoms with E-state index in [1.807, 2.05) is 11.4 Å². The lowest BCUT2D eigenvalue weighted by molar-refractivity contribution is -0.136. The van der Waals surface area contributed by atoms with E-state index in [1.165, 1.54) is 11.9 Å². The van der Waals surface area contributed by atoms with Crippen molar-refractivity contribution in [2.45, 2.75) is 56.7 Å². The number of hydrogen-bond acceptors (Lipinski definition) is 7. The lowest BCUT2D eigenvalue weighted by Crippen LogP contribution is -2.53. The summed E-state index contributed by atoms with van der Waals surface area (Å²) in [4.78, 5) is 49.8. The first-order valence-corrected chi connectivity index (χ1v) is 10.6. The summed E-state index contributed by atoms with van der Waals surface area (Å²) in [7, 11) is 3.48. The first-order chi connectivity index (χ1) is 14.3. The molecule has 1 saturated heterocycles. The van der Waals surface area contributed by atoms with Gasteiger partial charge in [-0.2, -0.15) is 0 Å². The van der Waals surface area contributed by atoms with Crippen LogP contribution in [0.4, 0.5) is 5.69 Å². The van der Waals surface area contributed by atoms with Gasteiger partial charge in [-0.15, -0.1) is 0 Å². The number of piperidine rings is 1. The van der Waals surface area contributed by atoms with Crippen LogP contribution in [0.3, 0.4) is 0 Å². The number of anilines is 1. The second-order valence-electron chi connectivity index (χ2n) is 7.99. The van der Waals surface area contributed by atoms with E-state index < -0.39 is 17.9 Å². The summed E-state index contributed by atoms with van der Waals surface area (Å²) in [5, 5.41) is 5.68. The van der Waals surface area contributed by atoms with Crippen molar-refractivity contribution in [2.75, 3.05) is 19.4 Å². The summed E-state index contributed by atoms with van der Waals surface area (Å²) in [6.07, 6.45) is 5.03. The quantitative estimate of drug-likeness (QED) is 0.361. The van der Waals surface area contributed by atoms with Gasteiger partial charge < -0.3 is 10.2 Å². The second-order valence-corrected chi connectivity index (χ2v) is 8.62. The fourth-order valence-corrected chi connectivity index (χ4v) is 4.43. The Kier molecular flexibility index (Phi) is 7.14. The molecule has 1 unspecified atom stereocenters. The number of benzene rings is 1.